The predicted octanol–water partition coefficient (Wildman–Crippen LogP) is 6.02. The van der Waals surface area contributed by atoms with E-state index in [1.165, 1.54) is 12.1 Å². The highest BCUT2D eigenvalue weighted by atomic mass is 79.9. The molecule has 3 aromatic rings. The molecule has 3 N–H and O–H groups in total. The topological polar surface area (TPSA) is 107 Å². The van der Waals surface area contributed by atoms with Gasteiger partial charge in [-0.1, -0.05) is 19.9 Å². The van der Waals surface area contributed by atoms with Crippen LogP contribution in [-0.2, 0) is 10.0 Å². The summed E-state index contributed by atoms with van der Waals surface area (Å²) < 4.78 is 30.3. The maximum absolute atomic E-state index is 13.2. The summed E-state index contributed by atoms with van der Waals surface area (Å²) in [7, 11) is -3.94. The minimum atomic E-state index is -3.94. The van der Waals surface area contributed by atoms with E-state index < -0.39 is 10.0 Å². The fourth-order valence-corrected chi connectivity index (χ4v) is 4.61. The number of carbonyl (C=O) groups is 1. The average molecular weight is 583 g/mol. The SMILES string of the molecule is Cc1ccc(S(N)(=O)=O)cc1C(=O)c1ccc(Oc2ccc(O)c(C(C)C)c2)c(Br)c1Br. The number of hydrogen-bond donors (Lipinski definition) is 2. The molecule has 0 aliphatic heterocycles. The number of sulfonamides is 1. The number of carbonyl (C=O) groups excluding carboxylic acids is 1. The number of nitrogens with two attached hydrogens (primary N) is 1. The molecule has 0 bridgehead atoms. The summed E-state index contributed by atoms with van der Waals surface area (Å²) in [6.45, 7) is 5.66. The van der Waals surface area contributed by atoms with Gasteiger partial charge in [-0.3, -0.25) is 4.79 Å². The number of primary sulfonamides is 1. The van der Waals surface area contributed by atoms with Gasteiger partial charge in [0.25, 0.3) is 0 Å². The van der Waals surface area contributed by atoms with Crippen LogP contribution in [0.2, 0.25) is 0 Å². The van der Waals surface area contributed by atoms with E-state index in [9.17, 15) is 18.3 Å². The van der Waals surface area contributed by atoms with Crippen molar-refractivity contribution in [2.24, 2.45) is 5.14 Å². The summed E-state index contributed by atoms with van der Waals surface area (Å²) in [5.41, 5.74) is 1.94. The molecule has 0 spiro atoms. The number of halogens is 2. The van der Waals surface area contributed by atoms with Crippen molar-refractivity contribution in [3.63, 3.8) is 0 Å². The molecule has 0 amide bonds. The van der Waals surface area contributed by atoms with Crippen molar-refractivity contribution in [3.8, 4) is 17.2 Å². The lowest BCUT2D eigenvalue weighted by atomic mass is 9.99. The van der Waals surface area contributed by atoms with Gasteiger partial charge in [0.05, 0.1) is 9.37 Å². The molecule has 9 heteroatoms. The summed E-state index contributed by atoms with van der Waals surface area (Å²) in [6, 6.07) is 12.4. The van der Waals surface area contributed by atoms with E-state index in [2.05, 4.69) is 31.9 Å². The zero-order chi connectivity index (χ0) is 23.8. The number of aromatic hydroxyl groups is 1. The van der Waals surface area contributed by atoms with E-state index in [0.717, 1.165) is 5.56 Å². The van der Waals surface area contributed by atoms with Crippen LogP contribution in [0.3, 0.4) is 0 Å². The molecule has 0 aromatic heterocycles. The van der Waals surface area contributed by atoms with Crippen molar-refractivity contribution in [1.29, 1.82) is 0 Å². The molecule has 0 radical (unpaired) electrons. The second-order valence-corrected chi connectivity index (χ2v) is 10.7. The zero-order valence-electron chi connectivity index (χ0n) is 17.5. The van der Waals surface area contributed by atoms with Crippen LogP contribution in [-0.4, -0.2) is 19.3 Å². The molecule has 6 nitrogen and oxygen atoms in total. The van der Waals surface area contributed by atoms with Crippen molar-refractivity contribution in [3.05, 3.63) is 79.7 Å². The first kappa shape index (κ1) is 24.4. The molecule has 0 saturated heterocycles. The van der Waals surface area contributed by atoms with Crippen LogP contribution in [0.5, 0.6) is 17.2 Å². The van der Waals surface area contributed by atoms with Crippen LogP contribution >= 0.6 is 31.9 Å². The Morgan fingerprint density at radius 3 is 2.31 bits per heavy atom. The van der Waals surface area contributed by atoms with E-state index in [-0.39, 0.29) is 27.9 Å². The Hall–Kier alpha value is -2.20. The van der Waals surface area contributed by atoms with Gasteiger partial charge in [-0.05, 0) is 92.7 Å². The number of ketones is 1. The molecule has 0 atom stereocenters. The van der Waals surface area contributed by atoms with Crippen molar-refractivity contribution >= 4 is 47.7 Å². The van der Waals surface area contributed by atoms with Gasteiger partial charge in [0, 0.05) is 21.2 Å². The standard InChI is InChI=1S/C23H21Br2NO5S/c1-12(2)17-10-14(5-8-19(17)27)31-20-9-7-16(21(24)22(20)25)23(28)18-11-15(32(26,29)30)6-4-13(18)3/h4-12,27H,1-3H3,(H2,26,29,30). The number of phenolic OH excluding ortho intramolecular Hbond substituents is 1. The van der Waals surface area contributed by atoms with Crippen molar-refractivity contribution < 1.29 is 23.1 Å². The second kappa shape index (κ2) is 9.35. The maximum atomic E-state index is 13.2. The molecule has 32 heavy (non-hydrogen) atoms. The van der Waals surface area contributed by atoms with Gasteiger partial charge in [-0.15, -0.1) is 0 Å². The quantitative estimate of drug-likeness (QED) is 0.346. The number of benzene rings is 3. The number of ether oxygens (including phenoxy) is 1. The van der Waals surface area contributed by atoms with E-state index in [1.807, 2.05) is 13.8 Å². The fraction of sp³-hybridized carbons (Fsp3) is 0.174. The summed E-state index contributed by atoms with van der Waals surface area (Å²) in [4.78, 5) is 13.1. The van der Waals surface area contributed by atoms with Crippen LogP contribution in [0.25, 0.3) is 0 Å². The fourth-order valence-electron chi connectivity index (χ4n) is 3.14. The van der Waals surface area contributed by atoms with E-state index >= 15 is 0 Å². The number of phenols is 1. The molecule has 0 aliphatic rings. The molecule has 3 rings (SSSR count). The summed E-state index contributed by atoms with van der Waals surface area (Å²) in [6.07, 6.45) is 0. The van der Waals surface area contributed by atoms with Crippen molar-refractivity contribution in [2.75, 3.05) is 0 Å². The molecular weight excluding hydrogens is 562 g/mol. The zero-order valence-corrected chi connectivity index (χ0v) is 21.5. The second-order valence-electron chi connectivity index (χ2n) is 7.57. The van der Waals surface area contributed by atoms with Crippen LogP contribution in [0.4, 0.5) is 0 Å². The third-order valence-corrected chi connectivity index (χ3v) is 7.98. The Morgan fingerprint density at radius 1 is 1.00 bits per heavy atom. The van der Waals surface area contributed by atoms with Crippen LogP contribution < -0.4 is 9.88 Å². The van der Waals surface area contributed by atoms with E-state index in [0.29, 0.717) is 31.6 Å². The highest BCUT2D eigenvalue weighted by molar-refractivity contribution is 9.13. The average Bonchev–Trinajstić information content (AvgIpc) is 2.71. The van der Waals surface area contributed by atoms with Crippen LogP contribution in [0.1, 0.15) is 46.8 Å². The summed E-state index contributed by atoms with van der Waals surface area (Å²) >= 11 is 6.91. The van der Waals surface area contributed by atoms with Crippen molar-refractivity contribution in [2.45, 2.75) is 31.6 Å². The monoisotopic (exact) mass is 581 g/mol. The van der Waals surface area contributed by atoms with Gasteiger partial charge in [-0.25, -0.2) is 13.6 Å². The minimum Gasteiger partial charge on any atom is -0.508 e. The van der Waals surface area contributed by atoms with Crippen LogP contribution in [0, 0.1) is 6.92 Å². The van der Waals surface area contributed by atoms with Gasteiger partial charge in [0.1, 0.15) is 17.2 Å². The largest absolute Gasteiger partial charge is 0.508 e. The predicted molar refractivity (Wildman–Crippen MR) is 130 cm³/mol. The van der Waals surface area contributed by atoms with Gasteiger partial charge in [-0.2, -0.15) is 0 Å². The van der Waals surface area contributed by atoms with Gasteiger partial charge >= 0.3 is 0 Å². The van der Waals surface area contributed by atoms with Gasteiger partial charge < -0.3 is 9.84 Å². The minimum absolute atomic E-state index is 0.116. The molecular formula is C23H21Br2NO5S. The first-order valence-electron chi connectivity index (χ1n) is 9.57. The third kappa shape index (κ3) is 5.06. The Morgan fingerprint density at radius 2 is 1.69 bits per heavy atom. The Bertz CT molecular complexity index is 1320. The first-order valence-corrected chi connectivity index (χ1v) is 12.7. The number of hydrogen-bond acceptors (Lipinski definition) is 5. The Labute approximate surface area is 203 Å². The lowest BCUT2D eigenvalue weighted by Crippen LogP contribution is -2.14. The Kier molecular flexibility index (Phi) is 7.14. The number of aryl methyl sites for hydroxylation is 1. The molecule has 0 unspecified atom stereocenters. The highest BCUT2D eigenvalue weighted by Gasteiger charge is 2.21. The molecule has 0 heterocycles. The summed E-state index contributed by atoms with van der Waals surface area (Å²) in [5, 5.41) is 15.2. The van der Waals surface area contributed by atoms with Crippen molar-refractivity contribution in [1.82, 2.24) is 0 Å². The lowest BCUT2D eigenvalue weighted by molar-refractivity contribution is 0.103. The summed E-state index contributed by atoms with van der Waals surface area (Å²) in [5.74, 6) is 0.952. The first-order chi connectivity index (χ1) is 14.9. The third-order valence-electron chi connectivity index (χ3n) is 4.92. The molecule has 3 aromatic carbocycles. The normalized spacial score (nSPS) is 11.6. The van der Waals surface area contributed by atoms with E-state index in [4.69, 9.17) is 9.88 Å². The smallest absolute Gasteiger partial charge is 0.238 e. The van der Waals surface area contributed by atoms with Crippen LogP contribution in [0.15, 0.2) is 62.4 Å². The highest BCUT2D eigenvalue weighted by Crippen LogP contribution is 2.40. The molecule has 0 aliphatic carbocycles. The van der Waals surface area contributed by atoms with Gasteiger partial charge in [0.2, 0.25) is 10.0 Å². The lowest BCUT2D eigenvalue weighted by Gasteiger charge is -2.15. The molecule has 168 valence electrons. The number of rotatable bonds is 6. The molecule has 0 fully saturated rings. The van der Waals surface area contributed by atoms with Gasteiger partial charge in [0.15, 0.2) is 5.78 Å². The Balaban J connectivity index is 1.98. The van der Waals surface area contributed by atoms with E-state index in [1.54, 1.807) is 43.3 Å². The molecule has 0 saturated carbocycles. The maximum Gasteiger partial charge on any atom is 0.238 e.